The summed E-state index contributed by atoms with van der Waals surface area (Å²) in [5, 5.41) is 5.99. The Morgan fingerprint density at radius 2 is 1.10 bits per heavy atom. The number of hydrogen-bond donors (Lipinski definition) is 2. The molecule has 2 aliphatic rings. The van der Waals surface area contributed by atoms with Crippen LogP contribution in [0, 0.1) is 0 Å². The van der Waals surface area contributed by atoms with Crippen molar-refractivity contribution in [3.05, 3.63) is 12.3 Å². The van der Waals surface area contributed by atoms with Gasteiger partial charge in [-0.2, -0.15) is 0 Å². The zero-order valence-electron chi connectivity index (χ0n) is 18.6. The Morgan fingerprint density at radius 1 is 0.690 bits per heavy atom. The highest BCUT2D eigenvalue weighted by Crippen LogP contribution is 2.26. The van der Waals surface area contributed by atoms with Gasteiger partial charge in [0.25, 0.3) is 0 Å². The molecule has 0 aromatic carbocycles. The van der Waals surface area contributed by atoms with Crippen LogP contribution in [0.3, 0.4) is 0 Å². The molecule has 0 aromatic heterocycles. The molecule has 4 nitrogen and oxygen atoms in total. The minimum atomic E-state index is 0.0973. The molecule has 29 heavy (non-hydrogen) atoms. The lowest BCUT2D eigenvalue weighted by Gasteiger charge is -2.18. The van der Waals surface area contributed by atoms with Crippen molar-refractivity contribution in [2.24, 2.45) is 0 Å². The highest BCUT2D eigenvalue weighted by Gasteiger charge is 2.19. The first kappa shape index (κ1) is 24.1. The number of carbonyl (C=O) groups is 2. The molecule has 2 rings (SSSR count). The van der Waals surface area contributed by atoms with Gasteiger partial charge in [0.05, 0.1) is 0 Å². The van der Waals surface area contributed by atoms with Crippen molar-refractivity contribution in [2.75, 3.05) is 6.54 Å². The van der Waals surface area contributed by atoms with Crippen LogP contribution in [0.4, 0.5) is 9.59 Å². The quantitative estimate of drug-likeness (QED) is 0.519. The minimum Gasteiger partial charge on any atom is -0.365 e. The summed E-state index contributed by atoms with van der Waals surface area (Å²) >= 11 is 0. The molecular formula is C23H42B2N2O2. The van der Waals surface area contributed by atoms with Crippen LogP contribution in [-0.2, 0) is 0 Å². The molecule has 162 valence electrons. The highest BCUT2D eigenvalue weighted by atomic mass is 16.1. The first-order chi connectivity index (χ1) is 14.1. The number of carbonyl (C=O) groups excluding carboxylic acids is 2. The van der Waals surface area contributed by atoms with E-state index in [1.165, 1.54) is 96.3 Å². The third-order valence-corrected chi connectivity index (χ3v) is 6.71. The fraction of sp³-hybridized carbons (Fsp3) is 0.826. The van der Waals surface area contributed by atoms with Crippen LogP contribution < -0.4 is 10.6 Å². The smallest absolute Gasteiger partial charge is 0.237 e. The van der Waals surface area contributed by atoms with Crippen molar-refractivity contribution in [1.82, 2.24) is 10.6 Å². The van der Waals surface area contributed by atoms with E-state index in [-0.39, 0.29) is 11.6 Å². The second-order valence-corrected chi connectivity index (χ2v) is 9.44. The summed E-state index contributed by atoms with van der Waals surface area (Å²) in [4.78, 5) is 24.6. The molecule has 0 spiro atoms. The van der Waals surface area contributed by atoms with Gasteiger partial charge in [-0.25, -0.2) is 0 Å². The van der Waals surface area contributed by atoms with E-state index in [9.17, 15) is 9.59 Å². The lowest BCUT2D eigenvalue weighted by Crippen LogP contribution is -2.33. The van der Waals surface area contributed by atoms with Gasteiger partial charge < -0.3 is 10.6 Å². The van der Waals surface area contributed by atoms with Crippen LogP contribution in [-0.4, -0.2) is 32.7 Å². The monoisotopic (exact) mass is 400 g/mol. The summed E-state index contributed by atoms with van der Waals surface area (Å²) in [5.41, 5.74) is 0.726. The molecule has 0 heterocycles. The van der Waals surface area contributed by atoms with Crippen LogP contribution in [0.15, 0.2) is 12.3 Å². The maximum Gasteiger partial charge on any atom is 0.237 e. The van der Waals surface area contributed by atoms with Crippen molar-refractivity contribution in [3.63, 3.8) is 0 Å². The molecule has 0 unspecified atom stereocenters. The molecule has 0 atom stereocenters. The topological polar surface area (TPSA) is 58.2 Å². The maximum atomic E-state index is 12.4. The van der Waals surface area contributed by atoms with Crippen LogP contribution in [0.5, 0.6) is 0 Å². The molecule has 2 aliphatic carbocycles. The number of amides is 2. The van der Waals surface area contributed by atoms with Crippen LogP contribution in [0.25, 0.3) is 0 Å². The second-order valence-electron chi connectivity index (χ2n) is 9.44. The van der Waals surface area contributed by atoms with Crippen molar-refractivity contribution >= 4 is 26.2 Å². The van der Waals surface area contributed by atoms with E-state index in [0.29, 0.717) is 39.2 Å². The molecule has 0 radical (unpaired) electrons. The van der Waals surface area contributed by atoms with Gasteiger partial charge in [0.15, 0.2) is 11.6 Å². The predicted molar refractivity (Wildman–Crippen MR) is 127 cm³/mol. The molecule has 0 bridgehead atoms. The third kappa shape index (κ3) is 11.5. The highest BCUT2D eigenvalue weighted by molar-refractivity contribution is 6.75. The van der Waals surface area contributed by atoms with Gasteiger partial charge in [-0.15, -0.1) is 0 Å². The molecule has 2 amide bonds. The Kier molecular flexibility index (Phi) is 12.2. The second kappa shape index (κ2) is 14.7. The van der Waals surface area contributed by atoms with E-state index < -0.39 is 0 Å². The summed E-state index contributed by atoms with van der Waals surface area (Å²) < 4.78 is 0. The molecule has 2 saturated carbocycles. The fourth-order valence-corrected chi connectivity index (χ4v) is 4.93. The first-order valence-electron chi connectivity index (χ1n) is 12.4. The molecule has 2 N–H and O–H groups in total. The molecule has 0 aliphatic heterocycles. The van der Waals surface area contributed by atoms with Gasteiger partial charge >= 0.3 is 0 Å². The van der Waals surface area contributed by atoms with Gasteiger partial charge in [-0.05, 0) is 0 Å². The molecule has 0 aromatic rings. The summed E-state index contributed by atoms with van der Waals surface area (Å²) in [6, 6.07) is 0. The SMILES string of the molecule is C=C(CCNC(=O)BC1CCCCCCC1)NC(=O)BC1CCCCCCCC1. The van der Waals surface area contributed by atoms with E-state index in [4.69, 9.17) is 0 Å². The number of hydrogen-bond acceptors (Lipinski definition) is 2. The lowest BCUT2D eigenvalue weighted by atomic mass is 9.59. The molecule has 2 fully saturated rings. The summed E-state index contributed by atoms with van der Waals surface area (Å²) in [7, 11) is 1.27. The minimum absolute atomic E-state index is 0.0973. The standard InChI is InChI=1S/C23H42B2N2O2/c1-19(27-23(29)25-21-15-9-5-2-3-6-10-16-21)17-18-26-22(28)24-20-13-11-7-4-8-12-14-20/h20-21,24-25H,1-18H2,(H,26,28)(H,27,29). The molecule has 6 heteroatoms. The van der Waals surface area contributed by atoms with E-state index in [1.807, 2.05) is 0 Å². The van der Waals surface area contributed by atoms with Gasteiger partial charge in [0.1, 0.15) is 0 Å². The normalized spacial score (nSPS) is 20.1. The Bertz CT molecular complexity index is 495. The van der Waals surface area contributed by atoms with Crippen molar-refractivity contribution in [3.8, 4) is 0 Å². The van der Waals surface area contributed by atoms with Gasteiger partial charge in [0.2, 0.25) is 14.6 Å². The van der Waals surface area contributed by atoms with Crippen molar-refractivity contribution < 1.29 is 9.59 Å². The summed E-state index contributed by atoms with van der Waals surface area (Å²) in [5.74, 6) is 1.32. The first-order valence-corrected chi connectivity index (χ1v) is 12.4. The van der Waals surface area contributed by atoms with Crippen LogP contribution in [0.2, 0.25) is 11.6 Å². The Morgan fingerprint density at radius 3 is 1.59 bits per heavy atom. The summed E-state index contributed by atoms with van der Waals surface area (Å²) in [6.07, 6.45) is 19.7. The fourth-order valence-electron chi connectivity index (χ4n) is 4.93. The maximum absolute atomic E-state index is 12.4. The van der Waals surface area contributed by atoms with Gasteiger partial charge in [-0.1, -0.05) is 115 Å². The van der Waals surface area contributed by atoms with Gasteiger partial charge in [-0.3, -0.25) is 9.59 Å². The van der Waals surface area contributed by atoms with Crippen LogP contribution in [0.1, 0.15) is 103 Å². The predicted octanol–water partition coefficient (Wildman–Crippen LogP) is 5.64. The zero-order valence-corrected chi connectivity index (χ0v) is 18.6. The zero-order chi connectivity index (χ0) is 20.7. The van der Waals surface area contributed by atoms with E-state index in [1.54, 1.807) is 0 Å². The Labute approximate surface area is 179 Å². The molecule has 0 saturated heterocycles. The average molecular weight is 400 g/mol. The van der Waals surface area contributed by atoms with Crippen molar-refractivity contribution in [2.45, 2.75) is 114 Å². The lowest BCUT2D eigenvalue weighted by molar-refractivity contribution is 0.258. The average Bonchev–Trinajstić information content (AvgIpc) is 2.77. The van der Waals surface area contributed by atoms with E-state index in [0.717, 1.165) is 5.70 Å². The molecular weight excluding hydrogens is 358 g/mol. The van der Waals surface area contributed by atoms with Crippen molar-refractivity contribution in [1.29, 1.82) is 0 Å². The number of rotatable bonds is 8. The van der Waals surface area contributed by atoms with E-state index >= 15 is 0 Å². The third-order valence-electron chi connectivity index (χ3n) is 6.71. The number of nitrogens with one attached hydrogen (secondary N) is 2. The van der Waals surface area contributed by atoms with Gasteiger partial charge in [0, 0.05) is 18.7 Å². The van der Waals surface area contributed by atoms with Crippen LogP contribution >= 0.6 is 0 Å². The van der Waals surface area contributed by atoms with E-state index in [2.05, 4.69) is 17.2 Å². The Balaban J connectivity index is 1.57. The largest absolute Gasteiger partial charge is 0.365 e. The summed E-state index contributed by atoms with van der Waals surface area (Å²) in [6.45, 7) is 4.55. The Hall–Kier alpha value is -1.19.